The van der Waals surface area contributed by atoms with Crippen molar-refractivity contribution >= 4 is 16.1 Å². The van der Waals surface area contributed by atoms with E-state index in [1.165, 1.54) is 12.1 Å². The third-order valence-electron chi connectivity index (χ3n) is 6.84. The summed E-state index contributed by atoms with van der Waals surface area (Å²) in [6, 6.07) is 35.3. The number of hydrogen-bond donors (Lipinski definition) is 0. The molecular weight excluding hydrogens is 566 g/mol. The molecule has 10 heteroatoms. The van der Waals surface area contributed by atoms with E-state index in [4.69, 9.17) is 14.2 Å². The molecule has 1 aliphatic heterocycles. The van der Waals surface area contributed by atoms with Crippen LogP contribution in [0.5, 0.6) is 0 Å². The first-order valence-corrected chi connectivity index (χ1v) is 14.9. The molecule has 0 N–H and O–H groups in total. The highest BCUT2D eigenvalue weighted by molar-refractivity contribution is 7.86. The van der Waals surface area contributed by atoms with Crippen LogP contribution in [0.25, 0.3) is 0 Å². The van der Waals surface area contributed by atoms with Gasteiger partial charge in [0.1, 0.15) is 11.7 Å². The molecule has 0 spiro atoms. The van der Waals surface area contributed by atoms with Gasteiger partial charge >= 0.3 is 11.9 Å². The summed E-state index contributed by atoms with van der Waals surface area (Å²) >= 11 is 0. The van der Waals surface area contributed by atoms with Gasteiger partial charge in [0.25, 0.3) is 10.1 Å². The lowest BCUT2D eigenvalue weighted by Crippen LogP contribution is -2.46. The fourth-order valence-electron chi connectivity index (χ4n) is 4.96. The van der Waals surface area contributed by atoms with Gasteiger partial charge in [0.05, 0.1) is 18.4 Å². The van der Waals surface area contributed by atoms with E-state index in [1.807, 2.05) is 91.0 Å². The Morgan fingerprint density at radius 3 is 1.64 bits per heavy atom. The van der Waals surface area contributed by atoms with Crippen LogP contribution in [0, 0.1) is 0 Å². The zero-order chi connectivity index (χ0) is 29.8. The van der Waals surface area contributed by atoms with E-state index in [0.29, 0.717) is 22.9 Å². The Morgan fingerprint density at radius 1 is 0.786 bits per heavy atom. The van der Waals surface area contributed by atoms with Crippen molar-refractivity contribution in [1.29, 1.82) is 0 Å². The number of hydrogen-bond acceptors (Lipinski definition) is 7. The van der Waals surface area contributed by atoms with Gasteiger partial charge in [-0.25, -0.2) is 8.98 Å². The zero-order valence-electron chi connectivity index (χ0n) is 22.5. The van der Waals surface area contributed by atoms with Crippen LogP contribution < -0.4 is 0 Å². The number of carbonyl (C=O) groups is 1. The number of rotatable bonds is 10. The molecule has 1 saturated heterocycles. The second kappa shape index (κ2) is 12.1. The first-order valence-electron chi connectivity index (χ1n) is 13.1. The second-order valence-corrected chi connectivity index (χ2v) is 11.4. The number of esters is 1. The van der Waals surface area contributed by atoms with Crippen LogP contribution in [0.3, 0.4) is 0 Å². The van der Waals surface area contributed by atoms with Crippen molar-refractivity contribution in [2.24, 2.45) is 0 Å². The molecule has 218 valence electrons. The van der Waals surface area contributed by atoms with Gasteiger partial charge in [0.15, 0.2) is 6.10 Å². The van der Waals surface area contributed by atoms with Crippen LogP contribution in [-0.4, -0.2) is 51.7 Å². The van der Waals surface area contributed by atoms with E-state index in [9.17, 15) is 13.2 Å². The minimum atomic E-state index is -4.36. The predicted octanol–water partition coefficient (Wildman–Crippen LogP) is 5.56. The first-order chi connectivity index (χ1) is 20.1. The maximum absolute atomic E-state index is 15.7. The summed E-state index contributed by atoms with van der Waals surface area (Å²) in [7, 11) is -4.36. The summed E-state index contributed by atoms with van der Waals surface area (Å²) in [5.41, 5.74) is 0.844. The number of benzene rings is 4. The van der Waals surface area contributed by atoms with E-state index in [1.54, 1.807) is 18.2 Å². The molecule has 3 atom stereocenters. The molecule has 0 amide bonds. The van der Waals surface area contributed by atoms with E-state index in [0.717, 1.165) is 0 Å². The molecule has 42 heavy (non-hydrogen) atoms. The minimum absolute atomic E-state index is 0.0349. The van der Waals surface area contributed by atoms with Gasteiger partial charge in [-0.05, 0) is 28.8 Å². The quantitative estimate of drug-likeness (QED) is 0.135. The molecule has 0 aromatic heterocycles. The van der Waals surface area contributed by atoms with Gasteiger partial charge in [-0.1, -0.05) is 109 Å². The van der Waals surface area contributed by atoms with Crippen molar-refractivity contribution in [2.75, 3.05) is 12.9 Å². The van der Waals surface area contributed by atoms with Crippen LogP contribution in [-0.2, 0) is 34.1 Å². The van der Waals surface area contributed by atoms with Gasteiger partial charge in [-0.15, -0.1) is 0 Å². The lowest BCUT2D eigenvalue weighted by molar-refractivity contribution is -0.184. The molecule has 4 aromatic carbocycles. The molecule has 1 unspecified atom stereocenters. The number of halogens is 2. The van der Waals surface area contributed by atoms with Crippen LogP contribution in [0.4, 0.5) is 8.78 Å². The standard InChI is InChI=1S/C32H28F2O7S/c1-42(36,37)41-30-32(33,34)28(40-29(35)23-14-6-2-7-15-23)27(39-30)22-38-31(24-16-8-3-9-17-24,25-18-10-4-11-19-25)26-20-12-5-13-21-26/h2-21,27-28,30H,22H2,1H3/t27-,28?,30+/m1/s1. The molecule has 0 saturated carbocycles. The van der Waals surface area contributed by atoms with E-state index in [2.05, 4.69) is 4.18 Å². The lowest BCUT2D eigenvalue weighted by Gasteiger charge is -2.37. The predicted molar refractivity (Wildman–Crippen MR) is 150 cm³/mol. The fourth-order valence-corrected chi connectivity index (χ4v) is 5.45. The molecule has 7 nitrogen and oxygen atoms in total. The maximum Gasteiger partial charge on any atom is 0.338 e. The van der Waals surface area contributed by atoms with Crippen LogP contribution >= 0.6 is 0 Å². The normalized spacial score (nSPS) is 20.2. The van der Waals surface area contributed by atoms with Gasteiger partial charge < -0.3 is 14.2 Å². The largest absolute Gasteiger partial charge is 0.449 e. The molecule has 4 aromatic rings. The van der Waals surface area contributed by atoms with Crippen LogP contribution in [0.15, 0.2) is 121 Å². The van der Waals surface area contributed by atoms with Crippen LogP contribution in [0.1, 0.15) is 27.0 Å². The number of alkyl halides is 2. The van der Waals surface area contributed by atoms with Crippen molar-refractivity contribution < 1.29 is 40.4 Å². The summed E-state index contributed by atoms with van der Waals surface area (Å²) in [4.78, 5) is 12.9. The average molecular weight is 595 g/mol. The van der Waals surface area contributed by atoms with Crippen molar-refractivity contribution in [3.05, 3.63) is 144 Å². The monoisotopic (exact) mass is 594 g/mol. The summed E-state index contributed by atoms with van der Waals surface area (Å²) in [6.07, 6.45) is -5.73. The van der Waals surface area contributed by atoms with Crippen molar-refractivity contribution in [3.63, 3.8) is 0 Å². The molecule has 1 heterocycles. The number of ether oxygens (including phenoxy) is 3. The highest BCUT2D eigenvalue weighted by Gasteiger charge is 2.63. The molecule has 5 rings (SSSR count). The minimum Gasteiger partial charge on any atom is -0.449 e. The van der Waals surface area contributed by atoms with Crippen molar-refractivity contribution in [2.45, 2.75) is 30.0 Å². The summed E-state index contributed by atoms with van der Waals surface area (Å²) in [5.74, 6) is -5.06. The Kier molecular flexibility index (Phi) is 8.51. The maximum atomic E-state index is 15.7. The van der Waals surface area contributed by atoms with Crippen molar-refractivity contribution in [3.8, 4) is 0 Å². The SMILES string of the molecule is CS(=O)(=O)O[C@@H]1O[C@H](COC(c2ccccc2)(c2ccccc2)c2ccccc2)C(OC(=O)c2ccccc2)C1(F)F. The fraction of sp³-hybridized carbons (Fsp3) is 0.219. The number of carbonyl (C=O) groups excluding carboxylic acids is 1. The first kappa shape index (κ1) is 29.5. The average Bonchev–Trinajstić information content (AvgIpc) is 3.22. The Hall–Kier alpha value is -3.96. The Balaban J connectivity index is 1.56. The van der Waals surface area contributed by atoms with E-state index < -0.39 is 52.7 Å². The third-order valence-corrected chi connectivity index (χ3v) is 7.36. The lowest BCUT2D eigenvalue weighted by atomic mass is 9.80. The van der Waals surface area contributed by atoms with Gasteiger partial charge in [0, 0.05) is 0 Å². The van der Waals surface area contributed by atoms with Crippen molar-refractivity contribution in [1.82, 2.24) is 0 Å². The Morgan fingerprint density at radius 2 is 1.21 bits per heavy atom. The highest BCUT2D eigenvalue weighted by Crippen LogP contribution is 2.44. The Bertz CT molecular complexity index is 1490. The van der Waals surface area contributed by atoms with E-state index >= 15 is 8.78 Å². The zero-order valence-corrected chi connectivity index (χ0v) is 23.3. The summed E-state index contributed by atoms with van der Waals surface area (Å²) in [5, 5.41) is 0. The molecule has 1 fully saturated rings. The molecule has 0 radical (unpaired) electrons. The molecule has 1 aliphatic rings. The third kappa shape index (κ3) is 6.12. The Labute approximate surface area is 242 Å². The molecule has 0 bridgehead atoms. The molecule has 0 aliphatic carbocycles. The highest BCUT2D eigenvalue weighted by atomic mass is 32.2. The molecular formula is C32H28F2O7S. The van der Waals surface area contributed by atoms with Gasteiger partial charge in [-0.3, -0.25) is 0 Å². The topological polar surface area (TPSA) is 88.1 Å². The van der Waals surface area contributed by atoms with E-state index in [-0.39, 0.29) is 5.56 Å². The smallest absolute Gasteiger partial charge is 0.338 e. The summed E-state index contributed by atoms with van der Waals surface area (Å²) < 4.78 is 76.9. The van der Waals surface area contributed by atoms with Crippen LogP contribution in [0.2, 0.25) is 0 Å². The summed E-state index contributed by atoms with van der Waals surface area (Å²) in [6.45, 7) is -0.523. The van der Waals surface area contributed by atoms with Gasteiger partial charge in [0.2, 0.25) is 6.29 Å². The second-order valence-electron chi connectivity index (χ2n) is 9.76. The van der Waals surface area contributed by atoms with Gasteiger partial charge in [-0.2, -0.15) is 17.2 Å².